The van der Waals surface area contributed by atoms with Crippen LogP contribution >= 0.6 is 0 Å². The van der Waals surface area contributed by atoms with Gasteiger partial charge in [0.05, 0.1) is 29.4 Å². The van der Waals surface area contributed by atoms with E-state index < -0.39 is 5.97 Å². The second-order valence-corrected chi connectivity index (χ2v) is 7.10. The number of carbonyl (C=O) groups excluding carboxylic acids is 2. The van der Waals surface area contributed by atoms with Crippen LogP contribution in [0.5, 0.6) is 5.75 Å². The maximum absolute atomic E-state index is 12.9. The van der Waals surface area contributed by atoms with Crippen molar-refractivity contribution < 1.29 is 23.6 Å². The monoisotopic (exact) mass is 416 g/mol. The Balaban J connectivity index is 1.61. The third-order valence-electron chi connectivity index (χ3n) is 4.93. The molecule has 0 fully saturated rings. The third kappa shape index (κ3) is 4.16. The van der Waals surface area contributed by atoms with Gasteiger partial charge in [-0.2, -0.15) is 0 Å². The number of benzene rings is 2. The van der Waals surface area contributed by atoms with Gasteiger partial charge in [-0.25, -0.2) is 9.78 Å². The van der Waals surface area contributed by atoms with Crippen LogP contribution < -0.4 is 4.74 Å². The molecule has 2 heterocycles. The Hall–Kier alpha value is -4.00. The summed E-state index contributed by atoms with van der Waals surface area (Å²) in [5, 5.41) is 4.39. The highest BCUT2D eigenvalue weighted by Crippen LogP contribution is 2.28. The molecule has 7 nitrogen and oxygen atoms in total. The molecule has 0 bridgehead atoms. The average Bonchev–Trinajstić information content (AvgIpc) is 3.18. The zero-order chi connectivity index (χ0) is 22.0. The summed E-state index contributed by atoms with van der Waals surface area (Å²) in [6, 6.07) is 16.0. The van der Waals surface area contributed by atoms with Crippen LogP contribution in [0.25, 0.3) is 22.4 Å². The number of pyridine rings is 1. The molecule has 2 aromatic heterocycles. The molecular weight excluding hydrogens is 396 g/mol. The van der Waals surface area contributed by atoms with E-state index in [2.05, 4.69) is 10.1 Å². The number of Topliss-reactive ketones (excluding diaryl/α,β-unsaturated/α-hetero) is 1. The van der Waals surface area contributed by atoms with E-state index in [-0.39, 0.29) is 23.7 Å². The van der Waals surface area contributed by atoms with E-state index in [1.54, 1.807) is 44.4 Å². The first kappa shape index (κ1) is 20.3. The molecule has 0 saturated carbocycles. The number of methoxy groups -OCH3 is 1. The second kappa shape index (κ2) is 8.39. The van der Waals surface area contributed by atoms with E-state index >= 15 is 0 Å². The quantitative estimate of drug-likeness (QED) is 0.336. The third-order valence-corrected chi connectivity index (χ3v) is 4.93. The molecule has 0 unspecified atom stereocenters. The van der Waals surface area contributed by atoms with Gasteiger partial charge in [0.2, 0.25) is 0 Å². The molecule has 4 rings (SSSR count). The summed E-state index contributed by atoms with van der Waals surface area (Å²) in [5.74, 6) is -0.324. The Morgan fingerprint density at radius 1 is 1.00 bits per heavy atom. The second-order valence-electron chi connectivity index (χ2n) is 7.10. The summed E-state index contributed by atoms with van der Waals surface area (Å²) >= 11 is 0. The van der Waals surface area contributed by atoms with Gasteiger partial charge in [-0.1, -0.05) is 35.0 Å². The molecule has 31 heavy (non-hydrogen) atoms. The van der Waals surface area contributed by atoms with Gasteiger partial charge >= 0.3 is 5.97 Å². The summed E-state index contributed by atoms with van der Waals surface area (Å²) in [4.78, 5) is 29.8. The van der Waals surface area contributed by atoms with Crippen LogP contribution in [0.2, 0.25) is 0 Å². The van der Waals surface area contributed by atoms with Crippen molar-refractivity contribution in [2.75, 3.05) is 13.7 Å². The molecule has 0 radical (unpaired) electrons. The normalized spacial score (nSPS) is 10.8. The van der Waals surface area contributed by atoms with Crippen LogP contribution in [0.3, 0.4) is 0 Å². The number of esters is 1. The Morgan fingerprint density at radius 2 is 1.71 bits per heavy atom. The Kier molecular flexibility index (Phi) is 5.49. The minimum absolute atomic E-state index is 0.240. The number of nitrogens with zero attached hydrogens (tertiary/aromatic N) is 2. The fourth-order valence-corrected chi connectivity index (χ4v) is 3.20. The topological polar surface area (TPSA) is 91.5 Å². The maximum Gasteiger partial charge on any atom is 0.339 e. The first-order valence-electron chi connectivity index (χ1n) is 9.64. The minimum Gasteiger partial charge on any atom is -0.497 e. The Bertz CT molecular complexity index is 1260. The van der Waals surface area contributed by atoms with E-state index in [0.29, 0.717) is 28.1 Å². The number of hydrogen-bond acceptors (Lipinski definition) is 7. The number of aromatic nitrogens is 2. The highest BCUT2D eigenvalue weighted by atomic mass is 16.5. The number of ketones is 1. The number of rotatable bonds is 6. The van der Waals surface area contributed by atoms with Crippen LogP contribution in [0.15, 0.2) is 59.1 Å². The van der Waals surface area contributed by atoms with Crippen LogP contribution in [-0.4, -0.2) is 35.6 Å². The highest BCUT2D eigenvalue weighted by Gasteiger charge is 2.21. The zero-order valence-electron chi connectivity index (χ0n) is 17.3. The van der Waals surface area contributed by atoms with E-state index in [9.17, 15) is 9.59 Å². The summed E-state index contributed by atoms with van der Waals surface area (Å²) in [6.07, 6.45) is 0. The van der Waals surface area contributed by atoms with Gasteiger partial charge in [-0.3, -0.25) is 4.79 Å². The average molecular weight is 416 g/mol. The maximum atomic E-state index is 12.9. The molecule has 0 amide bonds. The van der Waals surface area contributed by atoms with Crippen molar-refractivity contribution in [3.05, 3.63) is 77.0 Å². The first-order chi connectivity index (χ1) is 15.0. The molecule has 7 heteroatoms. The summed E-state index contributed by atoms with van der Waals surface area (Å²) in [6.45, 7) is 3.32. The van der Waals surface area contributed by atoms with Crippen molar-refractivity contribution in [1.82, 2.24) is 10.1 Å². The van der Waals surface area contributed by atoms with Crippen LogP contribution in [-0.2, 0) is 4.74 Å². The first-order valence-corrected chi connectivity index (χ1v) is 9.64. The fraction of sp³-hybridized carbons (Fsp3) is 0.167. The largest absolute Gasteiger partial charge is 0.497 e. The molecule has 0 saturated heterocycles. The summed E-state index contributed by atoms with van der Waals surface area (Å²) in [7, 11) is 1.55. The zero-order valence-corrected chi connectivity index (χ0v) is 17.3. The van der Waals surface area contributed by atoms with Crippen molar-refractivity contribution in [2.45, 2.75) is 13.8 Å². The number of fused-ring (bicyclic) bond motifs is 1. The van der Waals surface area contributed by atoms with E-state index in [0.717, 1.165) is 11.1 Å². The number of ether oxygens (including phenoxy) is 2. The van der Waals surface area contributed by atoms with Gasteiger partial charge in [0.15, 0.2) is 12.4 Å². The van der Waals surface area contributed by atoms with Gasteiger partial charge in [-0.05, 0) is 44.2 Å². The molecule has 0 aliphatic heterocycles. The van der Waals surface area contributed by atoms with Gasteiger partial charge in [0, 0.05) is 11.1 Å². The lowest BCUT2D eigenvalue weighted by Crippen LogP contribution is -2.15. The SMILES string of the molecule is COc1ccc(C(=O)COC(=O)c2cc(-c3ccc(C)cc3)nc3onc(C)c23)cc1. The van der Waals surface area contributed by atoms with Gasteiger partial charge in [-0.15, -0.1) is 0 Å². The summed E-state index contributed by atoms with van der Waals surface area (Å²) < 4.78 is 15.7. The highest BCUT2D eigenvalue weighted by molar-refractivity contribution is 6.06. The van der Waals surface area contributed by atoms with Crippen LogP contribution in [0.1, 0.15) is 32.0 Å². The van der Waals surface area contributed by atoms with Crippen LogP contribution in [0, 0.1) is 13.8 Å². The molecular formula is C24H20N2O5. The molecule has 0 N–H and O–H groups in total. The number of aryl methyl sites for hydroxylation is 2. The summed E-state index contributed by atoms with van der Waals surface area (Å²) in [5.41, 5.74) is 3.92. The van der Waals surface area contributed by atoms with Gasteiger partial charge in [0.25, 0.3) is 5.71 Å². The molecule has 4 aromatic rings. The number of carbonyl (C=O) groups is 2. The standard InChI is InChI=1S/C24H20N2O5/c1-14-4-6-16(7-5-14)20-12-19(22-15(2)26-31-23(22)25-20)24(28)30-13-21(27)17-8-10-18(29-3)11-9-17/h4-12H,13H2,1-3H3. The van der Waals surface area contributed by atoms with E-state index in [1.165, 1.54) is 0 Å². The molecule has 156 valence electrons. The van der Waals surface area contributed by atoms with Crippen molar-refractivity contribution in [3.8, 4) is 17.0 Å². The lowest BCUT2D eigenvalue weighted by atomic mass is 10.0. The lowest BCUT2D eigenvalue weighted by molar-refractivity contribution is 0.0476. The lowest BCUT2D eigenvalue weighted by Gasteiger charge is -2.08. The van der Waals surface area contributed by atoms with Crippen molar-refractivity contribution in [3.63, 3.8) is 0 Å². The predicted octanol–water partition coefficient (Wildman–Crippen LogP) is 4.55. The Labute approximate surface area is 178 Å². The smallest absolute Gasteiger partial charge is 0.339 e. The number of hydrogen-bond donors (Lipinski definition) is 0. The van der Waals surface area contributed by atoms with E-state index in [1.807, 2.05) is 31.2 Å². The minimum atomic E-state index is -0.645. The predicted molar refractivity (Wildman–Crippen MR) is 114 cm³/mol. The van der Waals surface area contributed by atoms with E-state index in [4.69, 9.17) is 14.0 Å². The Morgan fingerprint density at radius 3 is 2.39 bits per heavy atom. The van der Waals surface area contributed by atoms with Crippen molar-refractivity contribution in [1.29, 1.82) is 0 Å². The van der Waals surface area contributed by atoms with Crippen molar-refractivity contribution >= 4 is 22.9 Å². The van der Waals surface area contributed by atoms with Crippen LogP contribution in [0.4, 0.5) is 0 Å². The molecule has 0 aliphatic rings. The van der Waals surface area contributed by atoms with Crippen molar-refractivity contribution in [2.24, 2.45) is 0 Å². The van der Waals surface area contributed by atoms with Gasteiger partial charge in [0.1, 0.15) is 5.75 Å². The molecule has 0 spiro atoms. The molecule has 0 aliphatic carbocycles. The molecule has 2 aromatic carbocycles. The van der Waals surface area contributed by atoms with Gasteiger partial charge < -0.3 is 14.0 Å². The molecule has 0 atom stereocenters. The fourth-order valence-electron chi connectivity index (χ4n) is 3.20.